The highest BCUT2D eigenvalue weighted by Gasteiger charge is 2.47. The third-order valence-corrected chi connectivity index (χ3v) is 6.39. The first-order valence-electron chi connectivity index (χ1n) is 11.9. The number of hydrogen-bond acceptors (Lipinski definition) is 4. The lowest BCUT2D eigenvalue weighted by atomic mass is 9.93. The first-order valence-corrected chi connectivity index (χ1v) is 11.9. The lowest BCUT2D eigenvalue weighted by Gasteiger charge is -2.27. The maximum atomic E-state index is 13.4. The number of carbonyl (C=O) groups is 2. The fraction of sp³-hybridized carbons (Fsp3) is 0.267. The van der Waals surface area contributed by atoms with Gasteiger partial charge < -0.3 is 9.84 Å². The number of anilines is 1. The molecule has 1 heterocycles. The third kappa shape index (κ3) is 4.46. The molecule has 3 aromatic carbocycles. The Hall–Kier alpha value is -3.86. The van der Waals surface area contributed by atoms with Gasteiger partial charge in [0, 0.05) is 11.3 Å². The van der Waals surface area contributed by atoms with Crippen LogP contribution in [0.5, 0.6) is 5.75 Å². The van der Waals surface area contributed by atoms with Crippen molar-refractivity contribution in [1.82, 2.24) is 0 Å². The number of aliphatic hydroxyl groups is 1. The fourth-order valence-electron chi connectivity index (χ4n) is 4.60. The highest BCUT2D eigenvalue weighted by Crippen LogP contribution is 2.43. The van der Waals surface area contributed by atoms with E-state index >= 15 is 0 Å². The number of ketones is 1. The van der Waals surface area contributed by atoms with Crippen LogP contribution in [-0.2, 0) is 9.59 Å². The molecular formula is C30H31NO4. The van der Waals surface area contributed by atoms with Crippen LogP contribution in [0, 0.1) is 13.8 Å². The van der Waals surface area contributed by atoms with Gasteiger partial charge in [-0.2, -0.15) is 0 Å². The molecule has 0 aliphatic carbocycles. The average Bonchev–Trinajstić information content (AvgIpc) is 3.11. The molecule has 1 aliphatic heterocycles. The summed E-state index contributed by atoms with van der Waals surface area (Å²) < 4.78 is 5.76. The molecule has 4 rings (SSSR count). The molecule has 180 valence electrons. The van der Waals surface area contributed by atoms with Crippen molar-refractivity contribution in [2.24, 2.45) is 0 Å². The zero-order valence-electron chi connectivity index (χ0n) is 20.8. The van der Waals surface area contributed by atoms with Crippen LogP contribution >= 0.6 is 0 Å². The van der Waals surface area contributed by atoms with Crippen LogP contribution in [0.15, 0.2) is 72.3 Å². The van der Waals surface area contributed by atoms with E-state index in [1.165, 1.54) is 4.90 Å². The van der Waals surface area contributed by atoms with Crippen molar-refractivity contribution in [3.05, 3.63) is 100 Å². The number of nitrogens with zero attached hydrogens (tertiary/aromatic N) is 1. The van der Waals surface area contributed by atoms with E-state index in [4.69, 9.17) is 4.74 Å². The van der Waals surface area contributed by atoms with E-state index in [-0.39, 0.29) is 17.3 Å². The van der Waals surface area contributed by atoms with Crippen LogP contribution in [0.1, 0.15) is 60.5 Å². The first kappa shape index (κ1) is 24.3. The average molecular weight is 470 g/mol. The van der Waals surface area contributed by atoms with Gasteiger partial charge in [0.15, 0.2) is 0 Å². The lowest BCUT2D eigenvalue weighted by Crippen LogP contribution is -2.30. The summed E-state index contributed by atoms with van der Waals surface area (Å²) in [5.74, 6) is -0.641. The highest BCUT2D eigenvalue weighted by atomic mass is 16.5. The summed E-state index contributed by atoms with van der Waals surface area (Å²) in [5, 5.41) is 11.5. The molecule has 1 N–H and O–H groups in total. The Morgan fingerprint density at radius 3 is 2.37 bits per heavy atom. The molecule has 1 saturated heterocycles. The minimum atomic E-state index is -0.745. The van der Waals surface area contributed by atoms with Crippen molar-refractivity contribution < 1.29 is 19.4 Å². The summed E-state index contributed by atoms with van der Waals surface area (Å²) in [5.41, 5.74) is 4.77. The molecule has 0 radical (unpaired) electrons. The van der Waals surface area contributed by atoms with Crippen LogP contribution in [0.2, 0.25) is 0 Å². The largest absolute Gasteiger partial charge is 0.507 e. The molecule has 5 nitrogen and oxygen atoms in total. The van der Waals surface area contributed by atoms with E-state index in [0.717, 1.165) is 28.0 Å². The zero-order chi connectivity index (χ0) is 25.3. The van der Waals surface area contributed by atoms with E-state index in [2.05, 4.69) is 0 Å². The number of carbonyl (C=O) groups excluding carboxylic acids is 2. The molecule has 0 bridgehead atoms. The topological polar surface area (TPSA) is 66.8 Å². The number of benzene rings is 3. The lowest BCUT2D eigenvalue weighted by molar-refractivity contribution is -0.132. The maximum Gasteiger partial charge on any atom is 0.300 e. The monoisotopic (exact) mass is 469 g/mol. The van der Waals surface area contributed by atoms with E-state index in [0.29, 0.717) is 17.9 Å². The number of Topliss-reactive ketones (excluding diaryl/α,β-unsaturated/α-hetero) is 1. The van der Waals surface area contributed by atoms with Crippen molar-refractivity contribution in [1.29, 1.82) is 0 Å². The van der Waals surface area contributed by atoms with Gasteiger partial charge in [0.25, 0.3) is 11.7 Å². The minimum absolute atomic E-state index is 0.0842. The Bertz CT molecular complexity index is 1310. The molecule has 1 unspecified atom stereocenters. The summed E-state index contributed by atoms with van der Waals surface area (Å²) in [6.07, 6.45) is 0. The van der Waals surface area contributed by atoms with Gasteiger partial charge in [-0.05, 0) is 73.2 Å². The summed E-state index contributed by atoms with van der Waals surface area (Å²) in [7, 11) is 0. The molecule has 35 heavy (non-hydrogen) atoms. The van der Waals surface area contributed by atoms with Crippen LogP contribution in [0.4, 0.5) is 5.69 Å². The number of amides is 1. The number of ether oxygens (including phenoxy) is 1. The SMILES string of the molecule is CCOc1ccc(/C(O)=C2/C(=O)C(=O)N(c3cc(C)ccc3C)C2c2ccccc2)cc1C(C)C. The quantitative estimate of drug-likeness (QED) is 0.256. The van der Waals surface area contributed by atoms with E-state index in [9.17, 15) is 14.7 Å². The first-order chi connectivity index (χ1) is 16.7. The van der Waals surface area contributed by atoms with Crippen molar-refractivity contribution in [2.45, 2.75) is 46.6 Å². The van der Waals surface area contributed by atoms with Crippen LogP contribution in [-0.4, -0.2) is 23.4 Å². The molecule has 5 heteroatoms. The van der Waals surface area contributed by atoms with Gasteiger partial charge in [0.2, 0.25) is 0 Å². The smallest absolute Gasteiger partial charge is 0.300 e. The Morgan fingerprint density at radius 1 is 1.00 bits per heavy atom. The summed E-state index contributed by atoms with van der Waals surface area (Å²) in [6.45, 7) is 10.4. The molecule has 3 aromatic rings. The molecule has 1 aliphatic rings. The predicted octanol–water partition coefficient (Wildman–Crippen LogP) is 6.45. The number of rotatable bonds is 6. The summed E-state index contributed by atoms with van der Waals surface area (Å²) in [6, 6.07) is 19.8. The van der Waals surface area contributed by atoms with E-state index in [1.807, 2.05) is 95.3 Å². The van der Waals surface area contributed by atoms with Crippen molar-refractivity contribution in [2.75, 3.05) is 11.5 Å². The normalized spacial score (nSPS) is 17.3. The highest BCUT2D eigenvalue weighted by molar-refractivity contribution is 6.51. The Balaban J connectivity index is 1.95. The van der Waals surface area contributed by atoms with Crippen LogP contribution in [0.3, 0.4) is 0 Å². The van der Waals surface area contributed by atoms with Crippen molar-refractivity contribution in [3.63, 3.8) is 0 Å². The van der Waals surface area contributed by atoms with Gasteiger partial charge in [0.05, 0.1) is 18.2 Å². The van der Waals surface area contributed by atoms with Gasteiger partial charge in [-0.25, -0.2) is 0 Å². The second kappa shape index (κ2) is 9.79. The van der Waals surface area contributed by atoms with Crippen molar-refractivity contribution in [3.8, 4) is 5.75 Å². The molecule has 1 amide bonds. The number of aliphatic hydroxyl groups excluding tert-OH is 1. The third-order valence-electron chi connectivity index (χ3n) is 6.39. The van der Waals surface area contributed by atoms with Gasteiger partial charge in [-0.15, -0.1) is 0 Å². The Labute approximate surface area is 206 Å². The Kier molecular flexibility index (Phi) is 6.79. The number of aryl methyl sites for hydroxylation is 2. The minimum Gasteiger partial charge on any atom is -0.507 e. The van der Waals surface area contributed by atoms with Crippen molar-refractivity contribution >= 4 is 23.1 Å². The molecule has 1 fully saturated rings. The molecular weight excluding hydrogens is 438 g/mol. The molecule has 0 saturated carbocycles. The van der Waals surface area contributed by atoms with E-state index in [1.54, 1.807) is 6.07 Å². The fourth-order valence-corrected chi connectivity index (χ4v) is 4.60. The number of hydrogen-bond donors (Lipinski definition) is 1. The van der Waals surface area contributed by atoms with Gasteiger partial charge >= 0.3 is 0 Å². The maximum absolute atomic E-state index is 13.4. The second-order valence-corrected chi connectivity index (χ2v) is 9.21. The molecule has 0 aromatic heterocycles. The van der Waals surface area contributed by atoms with Gasteiger partial charge in [0.1, 0.15) is 11.5 Å². The predicted molar refractivity (Wildman–Crippen MR) is 139 cm³/mol. The molecule has 1 atom stereocenters. The van der Waals surface area contributed by atoms with Gasteiger partial charge in [-0.3, -0.25) is 14.5 Å². The van der Waals surface area contributed by atoms with Gasteiger partial charge in [-0.1, -0.05) is 56.3 Å². The summed E-state index contributed by atoms with van der Waals surface area (Å²) in [4.78, 5) is 28.4. The van der Waals surface area contributed by atoms with Crippen LogP contribution < -0.4 is 9.64 Å². The zero-order valence-corrected chi connectivity index (χ0v) is 20.8. The molecule has 0 spiro atoms. The second-order valence-electron chi connectivity index (χ2n) is 9.21. The Morgan fingerprint density at radius 2 is 1.71 bits per heavy atom. The standard InChI is InChI=1S/C30H31NO4/c1-6-35-25-15-14-22(17-23(25)18(2)3)28(32)26-27(21-10-8-7-9-11-21)31(30(34)29(26)33)24-16-19(4)12-13-20(24)5/h7-18,27,32H,6H2,1-5H3/b28-26-. The van der Waals surface area contributed by atoms with Crippen LogP contribution in [0.25, 0.3) is 5.76 Å². The van der Waals surface area contributed by atoms with E-state index < -0.39 is 17.7 Å². The summed E-state index contributed by atoms with van der Waals surface area (Å²) >= 11 is 0.